The number of anilines is 1. The Morgan fingerprint density at radius 3 is 2.33 bits per heavy atom. The highest BCUT2D eigenvalue weighted by Crippen LogP contribution is 2.42. The van der Waals surface area contributed by atoms with Crippen LogP contribution in [-0.2, 0) is 10.2 Å². The van der Waals surface area contributed by atoms with Crippen LogP contribution in [0.3, 0.4) is 0 Å². The Morgan fingerprint density at radius 2 is 1.80 bits per heavy atom. The molecule has 2 aliphatic carbocycles. The Morgan fingerprint density at radius 1 is 1.17 bits per heavy atom. The highest BCUT2D eigenvalue weighted by atomic mass is 32.1. The molecule has 0 unspecified atom stereocenters. The number of hydrogen-bond acceptors (Lipinski definition) is 4. The molecular weight excluding hydrogens is 398 g/mol. The molecule has 3 rings (SSSR count). The first-order chi connectivity index (χ1) is 14.0. The molecule has 6 heteroatoms. The zero-order chi connectivity index (χ0) is 22.2. The van der Waals surface area contributed by atoms with E-state index < -0.39 is 5.97 Å². The van der Waals surface area contributed by atoms with Crippen molar-refractivity contribution in [3.05, 3.63) is 27.5 Å². The Labute approximate surface area is 183 Å². The number of aliphatic hydroxyl groups excluding tert-OH is 1. The maximum absolute atomic E-state index is 13.9. The van der Waals surface area contributed by atoms with Crippen molar-refractivity contribution in [2.24, 2.45) is 11.8 Å². The number of aromatic carboxylic acids is 1. The Hall–Kier alpha value is -1.66. The lowest BCUT2D eigenvalue weighted by Crippen LogP contribution is -2.48. The zero-order valence-electron chi connectivity index (χ0n) is 18.8. The van der Waals surface area contributed by atoms with Gasteiger partial charge in [-0.2, -0.15) is 0 Å². The van der Waals surface area contributed by atoms with Gasteiger partial charge in [0, 0.05) is 16.8 Å². The van der Waals surface area contributed by atoms with Gasteiger partial charge in [0.05, 0.1) is 11.8 Å². The van der Waals surface area contributed by atoms with Gasteiger partial charge in [-0.1, -0.05) is 39.3 Å². The van der Waals surface area contributed by atoms with Crippen LogP contribution < -0.4 is 4.90 Å². The first-order valence-electron chi connectivity index (χ1n) is 11.0. The van der Waals surface area contributed by atoms with E-state index in [1.54, 1.807) is 4.90 Å². The van der Waals surface area contributed by atoms with E-state index >= 15 is 0 Å². The van der Waals surface area contributed by atoms with Crippen molar-refractivity contribution in [3.63, 3.8) is 0 Å². The molecule has 0 radical (unpaired) electrons. The molecule has 166 valence electrons. The van der Waals surface area contributed by atoms with Crippen LogP contribution in [0, 0.1) is 11.8 Å². The molecule has 1 amide bonds. The number of hydrogen-bond donors (Lipinski definition) is 2. The lowest BCUT2D eigenvalue weighted by molar-refractivity contribution is -0.124. The molecular formula is C24H35NO4S. The lowest BCUT2D eigenvalue weighted by atomic mass is 9.79. The van der Waals surface area contributed by atoms with Gasteiger partial charge in [-0.25, -0.2) is 4.79 Å². The second kappa shape index (κ2) is 8.83. The molecule has 2 atom stereocenters. The molecule has 2 aliphatic rings. The molecule has 0 saturated heterocycles. The minimum atomic E-state index is -0.980. The van der Waals surface area contributed by atoms with E-state index in [-0.39, 0.29) is 40.2 Å². The van der Waals surface area contributed by atoms with E-state index in [0.29, 0.717) is 37.8 Å². The third kappa shape index (κ3) is 4.80. The van der Waals surface area contributed by atoms with Crippen LogP contribution in [0.25, 0.3) is 0 Å². The lowest BCUT2D eigenvalue weighted by Gasteiger charge is -2.39. The largest absolute Gasteiger partial charge is 0.477 e. The summed E-state index contributed by atoms with van der Waals surface area (Å²) in [5.41, 5.74) is 1.67. The van der Waals surface area contributed by atoms with Gasteiger partial charge in [-0.15, -0.1) is 11.3 Å². The van der Waals surface area contributed by atoms with Crippen molar-refractivity contribution in [1.29, 1.82) is 0 Å². The quantitative estimate of drug-likeness (QED) is 0.626. The summed E-state index contributed by atoms with van der Waals surface area (Å²) in [7, 11) is 0. The number of thiophene rings is 1. The predicted octanol–water partition coefficient (Wildman–Crippen LogP) is 5.37. The van der Waals surface area contributed by atoms with Gasteiger partial charge in [0.15, 0.2) is 0 Å². The van der Waals surface area contributed by atoms with Gasteiger partial charge >= 0.3 is 5.97 Å². The smallest absolute Gasteiger partial charge is 0.348 e. The number of aliphatic hydroxyl groups is 1. The van der Waals surface area contributed by atoms with Gasteiger partial charge in [-0.3, -0.25) is 4.79 Å². The maximum Gasteiger partial charge on any atom is 0.348 e. The van der Waals surface area contributed by atoms with Gasteiger partial charge in [0.2, 0.25) is 5.91 Å². The third-order valence-electron chi connectivity index (χ3n) is 6.54. The van der Waals surface area contributed by atoms with E-state index in [9.17, 15) is 19.8 Å². The number of amides is 1. The molecule has 30 heavy (non-hydrogen) atoms. The Balaban J connectivity index is 2.05. The van der Waals surface area contributed by atoms with Crippen LogP contribution in [0.4, 0.5) is 5.69 Å². The van der Waals surface area contributed by atoms with E-state index in [1.807, 2.05) is 6.07 Å². The molecule has 0 spiro atoms. The molecule has 1 saturated carbocycles. The fraction of sp³-hybridized carbons (Fsp3) is 0.667. The molecule has 5 nitrogen and oxygen atoms in total. The van der Waals surface area contributed by atoms with E-state index in [0.717, 1.165) is 11.3 Å². The molecule has 1 aromatic heterocycles. The number of carboxylic acid groups (broad SMARTS) is 1. The van der Waals surface area contributed by atoms with Crippen molar-refractivity contribution >= 4 is 28.9 Å². The Kier molecular flexibility index (Phi) is 6.78. The summed E-state index contributed by atoms with van der Waals surface area (Å²) in [6.45, 7) is 10.4. The van der Waals surface area contributed by atoms with Crippen LogP contribution in [-0.4, -0.2) is 34.2 Å². The van der Waals surface area contributed by atoms with Crippen LogP contribution in [0.2, 0.25) is 0 Å². The number of carbonyl (C=O) groups excluding carboxylic acids is 1. The number of carboxylic acids is 1. The summed E-state index contributed by atoms with van der Waals surface area (Å²) in [5, 5.41) is 19.9. The van der Waals surface area contributed by atoms with Gasteiger partial charge in [0.1, 0.15) is 4.88 Å². The van der Waals surface area contributed by atoms with Crippen LogP contribution in [0.5, 0.6) is 0 Å². The van der Waals surface area contributed by atoms with Crippen molar-refractivity contribution < 1.29 is 19.8 Å². The average Bonchev–Trinajstić information content (AvgIpc) is 3.09. The molecule has 1 heterocycles. The summed E-state index contributed by atoms with van der Waals surface area (Å²) in [5.74, 6) is -0.853. The van der Waals surface area contributed by atoms with Crippen LogP contribution in [0.1, 0.15) is 87.7 Å². The third-order valence-corrected chi connectivity index (χ3v) is 8.08. The Bertz CT molecular complexity index is 827. The summed E-state index contributed by atoms with van der Waals surface area (Å²) in [6, 6.07) is 1.85. The van der Waals surface area contributed by atoms with Crippen molar-refractivity contribution in [1.82, 2.24) is 0 Å². The number of rotatable bonds is 4. The first kappa shape index (κ1) is 23.0. The number of carbonyl (C=O) groups is 2. The van der Waals surface area contributed by atoms with Crippen molar-refractivity contribution in [3.8, 4) is 0 Å². The SMILES string of the molecule is CC1=CC[C@@H](C(=O)N(c2cc(C(C)(C)C)sc2C(=O)O)[C@H]2CC[C@H](O)CC2)[C@@H](C)C1. The topological polar surface area (TPSA) is 77.8 Å². The molecule has 1 aromatic rings. The summed E-state index contributed by atoms with van der Waals surface area (Å²) in [6.07, 6.45) is 6.11. The normalized spacial score (nSPS) is 27.5. The monoisotopic (exact) mass is 433 g/mol. The average molecular weight is 434 g/mol. The van der Waals surface area contributed by atoms with E-state index in [2.05, 4.69) is 40.7 Å². The molecule has 2 N–H and O–H groups in total. The number of nitrogens with zero attached hydrogens (tertiary/aromatic N) is 1. The molecule has 0 aliphatic heterocycles. The van der Waals surface area contributed by atoms with Gasteiger partial charge in [-0.05, 0) is 62.8 Å². The molecule has 1 fully saturated rings. The molecule has 0 aromatic carbocycles. The van der Waals surface area contributed by atoms with Gasteiger partial charge in [0.25, 0.3) is 0 Å². The first-order valence-corrected chi connectivity index (χ1v) is 11.8. The second-order valence-electron chi connectivity index (χ2n) is 10.1. The fourth-order valence-corrected chi connectivity index (χ4v) is 5.76. The highest BCUT2D eigenvalue weighted by Gasteiger charge is 2.39. The zero-order valence-corrected chi connectivity index (χ0v) is 19.6. The predicted molar refractivity (Wildman–Crippen MR) is 121 cm³/mol. The highest BCUT2D eigenvalue weighted by molar-refractivity contribution is 7.14. The van der Waals surface area contributed by atoms with E-state index in [4.69, 9.17) is 0 Å². The summed E-state index contributed by atoms with van der Waals surface area (Å²) >= 11 is 1.28. The standard InChI is InChI=1S/C24H35NO4S/c1-14-6-11-18(15(2)12-14)22(27)25(16-7-9-17(26)10-8-16)19-13-20(24(3,4)5)30-21(19)23(28)29/h6,13,15-18,26H,7-12H2,1-5H3,(H,28,29)/t15-,16-,17-,18+/m0/s1. The minimum absolute atomic E-state index is 0.0356. The minimum Gasteiger partial charge on any atom is -0.477 e. The number of allylic oxidation sites excluding steroid dienone is 2. The van der Waals surface area contributed by atoms with Gasteiger partial charge < -0.3 is 15.1 Å². The van der Waals surface area contributed by atoms with Crippen molar-refractivity contribution in [2.45, 2.75) is 90.7 Å². The second-order valence-corrected chi connectivity index (χ2v) is 11.2. The van der Waals surface area contributed by atoms with Crippen molar-refractivity contribution in [2.75, 3.05) is 4.90 Å². The fourth-order valence-electron chi connectivity index (χ4n) is 4.71. The molecule has 0 bridgehead atoms. The maximum atomic E-state index is 13.9. The van der Waals surface area contributed by atoms with Crippen LogP contribution in [0.15, 0.2) is 17.7 Å². The summed E-state index contributed by atoms with van der Waals surface area (Å²) < 4.78 is 0. The van der Waals surface area contributed by atoms with E-state index in [1.165, 1.54) is 16.9 Å². The van der Waals surface area contributed by atoms with Crippen LogP contribution >= 0.6 is 11.3 Å². The summed E-state index contributed by atoms with van der Waals surface area (Å²) in [4.78, 5) is 29.0.